The first-order chi connectivity index (χ1) is 9.20. The SMILES string of the molecule is Cc1ccc2nc(CCl)n(C(C)c3ccco3)c2c1. The summed E-state index contributed by atoms with van der Waals surface area (Å²) < 4.78 is 7.65. The molecule has 0 fully saturated rings. The molecule has 19 heavy (non-hydrogen) atoms. The van der Waals surface area contributed by atoms with Gasteiger partial charge in [0.15, 0.2) is 0 Å². The fourth-order valence-corrected chi connectivity index (χ4v) is 2.62. The van der Waals surface area contributed by atoms with Crippen molar-refractivity contribution in [2.45, 2.75) is 25.8 Å². The molecule has 0 radical (unpaired) electrons. The van der Waals surface area contributed by atoms with Gasteiger partial charge in [0.1, 0.15) is 11.6 Å². The van der Waals surface area contributed by atoms with Gasteiger partial charge in [0, 0.05) is 0 Å². The zero-order valence-electron chi connectivity index (χ0n) is 10.9. The molecule has 0 amide bonds. The van der Waals surface area contributed by atoms with Crippen LogP contribution in [0.25, 0.3) is 11.0 Å². The van der Waals surface area contributed by atoms with E-state index in [1.165, 1.54) is 5.56 Å². The van der Waals surface area contributed by atoms with Gasteiger partial charge in [0.2, 0.25) is 0 Å². The van der Waals surface area contributed by atoms with E-state index in [1.54, 1.807) is 6.26 Å². The summed E-state index contributed by atoms with van der Waals surface area (Å²) in [7, 11) is 0. The highest BCUT2D eigenvalue weighted by atomic mass is 35.5. The quantitative estimate of drug-likeness (QED) is 0.667. The minimum absolute atomic E-state index is 0.0792. The van der Waals surface area contributed by atoms with Gasteiger partial charge >= 0.3 is 0 Å². The summed E-state index contributed by atoms with van der Waals surface area (Å²) in [6.07, 6.45) is 1.69. The van der Waals surface area contributed by atoms with Crippen LogP contribution >= 0.6 is 11.6 Å². The summed E-state index contributed by atoms with van der Waals surface area (Å²) in [5.74, 6) is 2.16. The predicted octanol–water partition coefficient (Wildman–Crippen LogP) is 4.29. The Bertz CT molecular complexity index is 700. The summed E-state index contributed by atoms with van der Waals surface area (Å²) in [5.41, 5.74) is 3.28. The maximum absolute atomic E-state index is 6.03. The van der Waals surface area contributed by atoms with Gasteiger partial charge in [0.05, 0.1) is 29.2 Å². The molecule has 98 valence electrons. The predicted molar refractivity (Wildman–Crippen MR) is 76.5 cm³/mol. The first-order valence-corrected chi connectivity index (χ1v) is 6.81. The number of imidazole rings is 1. The Balaban J connectivity index is 2.23. The van der Waals surface area contributed by atoms with Crippen LogP contribution in [-0.4, -0.2) is 9.55 Å². The Morgan fingerprint density at radius 2 is 2.21 bits per heavy atom. The monoisotopic (exact) mass is 274 g/mol. The molecule has 0 bridgehead atoms. The first-order valence-electron chi connectivity index (χ1n) is 6.27. The molecule has 2 aromatic heterocycles. The lowest BCUT2D eigenvalue weighted by molar-refractivity contribution is 0.446. The summed E-state index contributed by atoms with van der Waals surface area (Å²) in [6, 6.07) is 10.2. The molecule has 0 saturated carbocycles. The zero-order chi connectivity index (χ0) is 13.4. The average molecular weight is 275 g/mol. The number of furan rings is 1. The fourth-order valence-electron chi connectivity index (χ4n) is 2.44. The molecule has 0 aliphatic rings. The van der Waals surface area contributed by atoms with Crippen LogP contribution in [-0.2, 0) is 5.88 Å². The Labute approximate surface area is 116 Å². The highest BCUT2D eigenvalue weighted by molar-refractivity contribution is 6.16. The third-order valence-corrected chi connectivity index (χ3v) is 3.62. The van der Waals surface area contributed by atoms with Crippen molar-refractivity contribution in [2.75, 3.05) is 0 Å². The van der Waals surface area contributed by atoms with E-state index in [-0.39, 0.29) is 6.04 Å². The molecule has 3 rings (SSSR count). The van der Waals surface area contributed by atoms with E-state index in [0.29, 0.717) is 5.88 Å². The van der Waals surface area contributed by atoms with Gasteiger partial charge in [-0.15, -0.1) is 11.6 Å². The van der Waals surface area contributed by atoms with Crippen LogP contribution in [0.5, 0.6) is 0 Å². The second-order valence-electron chi connectivity index (χ2n) is 4.72. The van der Waals surface area contributed by atoms with Crippen molar-refractivity contribution < 1.29 is 4.42 Å². The van der Waals surface area contributed by atoms with Crippen molar-refractivity contribution in [1.82, 2.24) is 9.55 Å². The van der Waals surface area contributed by atoms with Crippen molar-refractivity contribution in [1.29, 1.82) is 0 Å². The van der Waals surface area contributed by atoms with Gasteiger partial charge in [-0.05, 0) is 43.7 Å². The summed E-state index contributed by atoms with van der Waals surface area (Å²) in [6.45, 7) is 4.17. The van der Waals surface area contributed by atoms with E-state index >= 15 is 0 Å². The molecule has 4 heteroatoms. The lowest BCUT2D eigenvalue weighted by Gasteiger charge is -2.14. The topological polar surface area (TPSA) is 31.0 Å². The molecule has 0 saturated heterocycles. The summed E-state index contributed by atoms with van der Waals surface area (Å²) >= 11 is 6.03. The number of halogens is 1. The molecule has 1 atom stereocenters. The number of rotatable bonds is 3. The van der Waals surface area contributed by atoms with E-state index in [1.807, 2.05) is 18.2 Å². The van der Waals surface area contributed by atoms with E-state index in [2.05, 4.69) is 35.5 Å². The van der Waals surface area contributed by atoms with Gasteiger partial charge < -0.3 is 8.98 Å². The highest BCUT2D eigenvalue weighted by Crippen LogP contribution is 2.27. The second kappa shape index (κ2) is 4.74. The molecule has 0 aliphatic carbocycles. The van der Waals surface area contributed by atoms with Crippen LogP contribution in [0, 0.1) is 6.92 Å². The number of hydrogen-bond acceptors (Lipinski definition) is 2. The number of aryl methyl sites for hydroxylation is 1. The van der Waals surface area contributed by atoms with Crippen molar-refractivity contribution in [3.05, 3.63) is 53.7 Å². The minimum atomic E-state index is 0.0792. The Hall–Kier alpha value is -1.74. The Morgan fingerprint density at radius 1 is 1.37 bits per heavy atom. The van der Waals surface area contributed by atoms with E-state index in [4.69, 9.17) is 16.0 Å². The first kappa shape index (κ1) is 12.3. The molecular weight excluding hydrogens is 260 g/mol. The fraction of sp³-hybridized carbons (Fsp3) is 0.267. The van der Waals surface area contributed by atoms with Crippen LogP contribution in [0.1, 0.15) is 30.1 Å². The Morgan fingerprint density at radius 3 is 2.89 bits per heavy atom. The van der Waals surface area contributed by atoms with Gasteiger partial charge in [-0.2, -0.15) is 0 Å². The van der Waals surface area contributed by atoms with Crippen molar-refractivity contribution >= 4 is 22.6 Å². The molecule has 1 unspecified atom stereocenters. The zero-order valence-corrected chi connectivity index (χ0v) is 11.7. The molecule has 0 aliphatic heterocycles. The number of alkyl halides is 1. The Kier molecular flexibility index (Phi) is 3.07. The van der Waals surface area contributed by atoms with E-state index < -0.39 is 0 Å². The second-order valence-corrected chi connectivity index (χ2v) is 4.98. The molecule has 0 spiro atoms. The summed E-state index contributed by atoms with van der Waals surface area (Å²) in [4.78, 5) is 4.59. The maximum Gasteiger partial charge on any atom is 0.126 e. The molecule has 1 aromatic carbocycles. The minimum Gasteiger partial charge on any atom is -0.467 e. The van der Waals surface area contributed by atoms with Gasteiger partial charge in [-0.1, -0.05) is 6.07 Å². The van der Waals surface area contributed by atoms with Crippen LogP contribution in [0.15, 0.2) is 41.0 Å². The number of fused-ring (bicyclic) bond motifs is 1. The van der Waals surface area contributed by atoms with Crippen molar-refractivity contribution in [2.24, 2.45) is 0 Å². The van der Waals surface area contributed by atoms with Crippen LogP contribution in [0.3, 0.4) is 0 Å². The smallest absolute Gasteiger partial charge is 0.126 e. The average Bonchev–Trinajstić information content (AvgIpc) is 3.04. The lowest BCUT2D eigenvalue weighted by atomic mass is 10.2. The highest BCUT2D eigenvalue weighted by Gasteiger charge is 2.18. The lowest BCUT2D eigenvalue weighted by Crippen LogP contribution is -2.09. The number of nitrogens with zero attached hydrogens (tertiary/aromatic N) is 2. The van der Waals surface area contributed by atoms with Crippen molar-refractivity contribution in [3.8, 4) is 0 Å². The van der Waals surface area contributed by atoms with Gasteiger partial charge in [0.25, 0.3) is 0 Å². The molecule has 0 N–H and O–H groups in total. The van der Waals surface area contributed by atoms with Crippen molar-refractivity contribution in [3.63, 3.8) is 0 Å². The summed E-state index contributed by atoms with van der Waals surface area (Å²) in [5, 5.41) is 0. The normalized spacial score (nSPS) is 13.0. The van der Waals surface area contributed by atoms with Gasteiger partial charge in [-0.3, -0.25) is 0 Å². The largest absolute Gasteiger partial charge is 0.467 e. The third-order valence-electron chi connectivity index (χ3n) is 3.38. The van der Waals surface area contributed by atoms with Crippen LogP contribution in [0.2, 0.25) is 0 Å². The van der Waals surface area contributed by atoms with E-state index in [9.17, 15) is 0 Å². The van der Waals surface area contributed by atoms with Gasteiger partial charge in [-0.25, -0.2) is 4.98 Å². The van der Waals surface area contributed by atoms with E-state index in [0.717, 1.165) is 22.6 Å². The number of benzene rings is 1. The molecular formula is C15H15ClN2O. The molecule has 3 aromatic rings. The van der Waals surface area contributed by atoms with Crippen LogP contribution < -0.4 is 0 Å². The number of hydrogen-bond donors (Lipinski definition) is 0. The maximum atomic E-state index is 6.03. The molecule has 2 heterocycles. The van der Waals surface area contributed by atoms with Crippen LogP contribution in [0.4, 0.5) is 0 Å². The molecule has 3 nitrogen and oxygen atoms in total. The third kappa shape index (κ3) is 2.04. The number of aromatic nitrogens is 2. The standard InChI is InChI=1S/C15H15ClN2O/c1-10-5-6-12-13(8-10)18(15(9-16)17-12)11(2)14-4-3-7-19-14/h3-8,11H,9H2,1-2H3.